The minimum Gasteiger partial charge on any atom is -0.354 e. The van der Waals surface area contributed by atoms with E-state index in [1.165, 1.54) is 5.56 Å². The first-order valence-electron chi connectivity index (χ1n) is 12.5. The van der Waals surface area contributed by atoms with Crippen molar-refractivity contribution in [3.63, 3.8) is 0 Å². The average molecular weight is 494 g/mol. The van der Waals surface area contributed by atoms with Gasteiger partial charge in [0.25, 0.3) is 5.91 Å². The maximum atomic E-state index is 13.7. The smallest absolute Gasteiger partial charge is 0.256 e. The van der Waals surface area contributed by atoms with Crippen LogP contribution in [0.25, 0.3) is 0 Å². The summed E-state index contributed by atoms with van der Waals surface area (Å²) in [5, 5.41) is 5.86. The molecule has 0 radical (unpaired) electrons. The molecule has 2 aromatic carbocycles. The molecular weight excluding hydrogens is 458 g/mol. The third kappa shape index (κ3) is 5.10. The topological polar surface area (TPSA) is 78.5 Å². The standard InChI is InChI=1S/C28H35N3O3S/c1-5-18(2)22(24(32)29-17-11-14-19-12-7-6-8-13-19)30-25(33)23-28(3,4)35-27-21-16-10-9-15-20(21)26(34)31(23)27/h6-10,12-13,15-16,18,22-23,27H,5,11,14,17H2,1-4H3,(H,29,32)(H,30,33)/t18-,22+,23-,27+/m1/s1. The van der Waals surface area contributed by atoms with Gasteiger partial charge in [0.05, 0.1) is 0 Å². The number of aryl methyl sites for hydroxylation is 1. The summed E-state index contributed by atoms with van der Waals surface area (Å²) in [6, 6.07) is 16.4. The minimum absolute atomic E-state index is 0.0347. The van der Waals surface area contributed by atoms with Gasteiger partial charge in [0.15, 0.2) is 0 Å². The monoisotopic (exact) mass is 493 g/mol. The number of carbonyl (C=O) groups is 3. The van der Waals surface area contributed by atoms with Gasteiger partial charge in [-0.3, -0.25) is 14.4 Å². The Morgan fingerprint density at radius 2 is 1.77 bits per heavy atom. The summed E-state index contributed by atoms with van der Waals surface area (Å²) < 4.78 is -0.482. The van der Waals surface area contributed by atoms with E-state index in [0.29, 0.717) is 12.1 Å². The highest BCUT2D eigenvalue weighted by molar-refractivity contribution is 8.01. The molecular formula is C28H35N3O3S. The fourth-order valence-corrected chi connectivity index (χ4v) is 6.59. The fraction of sp³-hybridized carbons (Fsp3) is 0.464. The van der Waals surface area contributed by atoms with Crippen molar-refractivity contribution in [2.75, 3.05) is 6.54 Å². The van der Waals surface area contributed by atoms with Gasteiger partial charge in [-0.15, -0.1) is 11.8 Å². The molecule has 0 aromatic heterocycles. The molecule has 1 fully saturated rings. The molecule has 2 N–H and O–H groups in total. The van der Waals surface area contributed by atoms with Gasteiger partial charge in [-0.05, 0) is 49.8 Å². The van der Waals surface area contributed by atoms with E-state index in [2.05, 4.69) is 22.8 Å². The van der Waals surface area contributed by atoms with E-state index in [1.54, 1.807) is 16.7 Å². The second-order valence-electron chi connectivity index (χ2n) is 10.0. The number of carbonyl (C=O) groups excluding carboxylic acids is 3. The molecule has 0 bridgehead atoms. The number of nitrogens with zero attached hydrogens (tertiary/aromatic N) is 1. The molecule has 1 saturated heterocycles. The van der Waals surface area contributed by atoms with E-state index in [-0.39, 0.29) is 29.0 Å². The summed E-state index contributed by atoms with van der Waals surface area (Å²) in [6.45, 7) is 8.53. The van der Waals surface area contributed by atoms with Gasteiger partial charge in [-0.1, -0.05) is 68.8 Å². The molecule has 2 heterocycles. The normalized spacial score (nSPS) is 21.7. The zero-order valence-electron chi connectivity index (χ0n) is 20.9. The number of fused-ring (bicyclic) bond motifs is 3. The molecule has 6 nitrogen and oxygen atoms in total. The zero-order chi connectivity index (χ0) is 25.2. The van der Waals surface area contributed by atoms with Gasteiger partial charge in [-0.25, -0.2) is 0 Å². The largest absolute Gasteiger partial charge is 0.354 e. The first-order chi connectivity index (χ1) is 16.7. The van der Waals surface area contributed by atoms with Crippen LogP contribution in [0.5, 0.6) is 0 Å². The van der Waals surface area contributed by atoms with Crippen molar-refractivity contribution >= 4 is 29.5 Å². The van der Waals surface area contributed by atoms with E-state index >= 15 is 0 Å². The van der Waals surface area contributed by atoms with Crippen LogP contribution in [0.15, 0.2) is 54.6 Å². The number of amides is 3. The molecule has 3 amide bonds. The number of benzene rings is 2. The first-order valence-corrected chi connectivity index (χ1v) is 13.3. The van der Waals surface area contributed by atoms with Gasteiger partial charge in [-0.2, -0.15) is 0 Å². The first kappa shape index (κ1) is 25.3. The van der Waals surface area contributed by atoms with Crippen LogP contribution in [-0.2, 0) is 16.0 Å². The third-order valence-corrected chi connectivity index (χ3v) is 8.66. The lowest BCUT2D eigenvalue weighted by Crippen LogP contribution is -2.58. The Kier molecular flexibility index (Phi) is 7.55. The molecule has 7 heteroatoms. The summed E-state index contributed by atoms with van der Waals surface area (Å²) in [5.74, 6) is -0.588. The molecule has 0 spiro atoms. The number of hydrogen-bond donors (Lipinski definition) is 2. The van der Waals surface area contributed by atoms with Crippen LogP contribution >= 0.6 is 11.8 Å². The third-order valence-electron chi connectivity index (χ3n) is 7.12. The van der Waals surface area contributed by atoms with Crippen molar-refractivity contribution in [1.82, 2.24) is 15.5 Å². The van der Waals surface area contributed by atoms with Gasteiger partial charge in [0, 0.05) is 16.9 Å². The summed E-state index contributed by atoms with van der Waals surface area (Å²) in [5.41, 5.74) is 2.86. The van der Waals surface area contributed by atoms with E-state index in [1.807, 2.05) is 70.2 Å². The number of hydrogen-bond acceptors (Lipinski definition) is 4. The molecule has 2 aliphatic heterocycles. The predicted molar refractivity (Wildman–Crippen MR) is 140 cm³/mol. The molecule has 2 aliphatic rings. The lowest BCUT2D eigenvalue weighted by molar-refractivity contribution is -0.133. The predicted octanol–water partition coefficient (Wildman–Crippen LogP) is 4.31. The van der Waals surface area contributed by atoms with E-state index < -0.39 is 16.8 Å². The molecule has 0 aliphatic carbocycles. The van der Waals surface area contributed by atoms with Gasteiger partial charge in [0.2, 0.25) is 11.8 Å². The molecule has 0 saturated carbocycles. The van der Waals surface area contributed by atoms with Crippen molar-refractivity contribution in [2.24, 2.45) is 5.92 Å². The van der Waals surface area contributed by atoms with Crippen molar-refractivity contribution < 1.29 is 14.4 Å². The van der Waals surface area contributed by atoms with Crippen LogP contribution in [0.3, 0.4) is 0 Å². The highest BCUT2D eigenvalue weighted by Crippen LogP contribution is 2.56. The summed E-state index contributed by atoms with van der Waals surface area (Å²) in [7, 11) is 0. The zero-order valence-corrected chi connectivity index (χ0v) is 21.7. The van der Waals surface area contributed by atoms with E-state index in [4.69, 9.17) is 0 Å². The Morgan fingerprint density at radius 1 is 1.09 bits per heavy atom. The second-order valence-corrected chi connectivity index (χ2v) is 11.8. The Labute approximate surface area is 212 Å². The quantitative estimate of drug-likeness (QED) is 0.510. The maximum Gasteiger partial charge on any atom is 0.256 e. The number of nitrogens with one attached hydrogen (secondary N) is 2. The van der Waals surface area contributed by atoms with Crippen LogP contribution in [0, 0.1) is 5.92 Å². The average Bonchev–Trinajstić information content (AvgIpc) is 3.29. The lowest BCUT2D eigenvalue weighted by Gasteiger charge is -2.32. The van der Waals surface area contributed by atoms with Crippen molar-refractivity contribution in [1.29, 1.82) is 0 Å². The van der Waals surface area contributed by atoms with Gasteiger partial charge < -0.3 is 15.5 Å². The Morgan fingerprint density at radius 3 is 2.49 bits per heavy atom. The van der Waals surface area contributed by atoms with Crippen LogP contribution < -0.4 is 10.6 Å². The van der Waals surface area contributed by atoms with Gasteiger partial charge in [0.1, 0.15) is 17.5 Å². The van der Waals surface area contributed by atoms with Crippen molar-refractivity contribution in [2.45, 2.75) is 69.2 Å². The summed E-state index contributed by atoms with van der Waals surface area (Å²) in [4.78, 5) is 41.7. The molecule has 186 valence electrons. The van der Waals surface area contributed by atoms with Crippen LogP contribution in [-0.4, -0.2) is 46.0 Å². The molecule has 2 aromatic rings. The van der Waals surface area contributed by atoms with Gasteiger partial charge >= 0.3 is 0 Å². The number of rotatable bonds is 9. The second kappa shape index (κ2) is 10.4. The Hall–Kier alpha value is -2.80. The van der Waals surface area contributed by atoms with E-state index in [0.717, 1.165) is 24.8 Å². The molecule has 4 atom stereocenters. The van der Waals surface area contributed by atoms with Crippen LogP contribution in [0.4, 0.5) is 0 Å². The highest BCUT2D eigenvalue weighted by atomic mass is 32.2. The fourth-order valence-electron chi connectivity index (χ4n) is 5.00. The Bertz CT molecular complexity index is 1090. The maximum absolute atomic E-state index is 13.7. The minimum atomic E-state index is -0.658. The summed E-state index contributed by atoms with van der Waals surface area (Å²) in [6.07, 6.45) is 2.46. The summed E-state index contributed by atoms with van der Waals surface area (Å²) >= 11 is 1.63. The van der Waals surface area contributed by atoms with E-state index in [9.17, 15) is 14.4 Å². The SMILES string of the molecule is CC[C@@H](C)[C@H](NC(=O)[C@H]1N2C(=O)c3ccccc3[C@@H]2SC1(C)C)C(=O)NCCCc1ccccc1. The van der Waals surface area contributed by atoms with Crippen LogP contribution in [0.1, 0.15) is 67.4 Å². The molecule has 4 rings (SSSR count). The van der Waals surface area contributed by atoms with Crippen LogP contribution in [0.2, 0.25) is 0 Å². The van der Waals surface area contributed by atoms with Crippen molar-refractivity contribution in [3.8, 4) is 0 Å². The number of thioether (sulfide) groups is 1. The van der Waals surface area contributed by atoms with Crippen molar-refractivity contribution in [3.05, 3.63) is 71.3 Å². The Balaban J connectivity index is 1.43. The molecule has 0 unspecified atom stereocenters. The molecule has 35 heavy (non-hydrogen) atoms. The highest BCUT2D eigenvalue weighted by Gasteiger charge is 2.57. The lowest BCUT2D eigenvalue weighted by atomic mass is 9.95.